The summed E-state index contributed by atoms with van der Waals surface area (Å²) >= 11 is 0. The zero-order valence-corrected chi connectivity index (χ0v) is 13.0. The molecule has 0 atom stereocenters. The van der Waals surface area contributed by atoms with Gasteiger partial charge in [-0.2, -0.15) is 0 Å². The van der Waals surface area contributed by atoms with Crippen LogP contribution in [-0.4, -0.2) is 12.6 Å². The van der Waals surface area contributed by atoms with E-state index in [2.05, 4.69) is 66.1 Å². The molecule has 0 radical (unpaired) electrons. The van der Waals surface area contributed by atoms with Crippen molar-refractivity contribution in [1.29, 1.82) is 0 Å². The zero-order chi connectivity index (χ0) is 13.5. The molecule has 2 heteroatoms. The Morgan fingerprint density at radius 2 is 2.00 bits per heavy atom. The Balaban J connectivity index is 2.06. The molecule has 98 valence electrons. The number of fused-ring (bicyclic) bond motifs is 1. The summed E-state index contributed by atoms with van der Waals surface area (Å²) in [5, 5.41) is 1.32. The highest BCUT2D eigenvalue weighted by molar-refractivity contribution is 6.83. The standard InChI is InChI=1S/C17H21NSi/c1-19(2,3)12-10-16-6-4-5-15-9-11-18(17(15)16)13-14-7-8-14/h4-6,9,11,14H,7-8,13H2,1-3H3. The van der Waals surface area contributed by atoms with Crippen molar-refractivity contribution in [1.82, 2.24) is 4.57 Å². The molecule has 0 amide bonds. The van der Waals surface area contributed by atoms with Crippen molar-refractivity contribution in [3.63, 3.8) is 0 Å². The van der Waals surface area contributed by atoms with E-state index >= 15 is 0 Å². The van der Waals surface area contributed by atoms with Gasteiger partial charge in [-0.3, -0.25) is 0 Å². The molecule has 0 N–H and O–H groups in total. The molecular weight excluding hydrogens is 246 g/mol. The molecule has 1 aromatic carbocycles. The van der Waals surface area contributed by atoms with Gasteiger partial charge >= 0.3 is 0 Å². The molecule has 0 unspecified atom stereocenters. The molecule has 3 rings (SSSR count). The topological polar surface area (TPSA) is 4.93 Å². The first kappa shape index (κ1) is 12.6. The summed E-state index contributed by atoms with van der Waals surface area (Å²) in [5.41, 5.74) is 6.02. The van der Waals surface area contributed by atoms with Crippen LogP contribution in [0.2, 0.25) is 19.6 Å². The minimum absolute atomic E-state index is 0.897. The van der Waals surface area contributed by atoms with Crippen LogP contribution in [0.4, 0.5) is 0 Å². The largest absolute Gasteiger partial charge is 0.346 e. The third kappa shape index (κ3) is 2.93. The van der Waals surface area contributed by atoms with Gasteiger partial charge in [0.1, 0.15) is 8.07 Å². The summed E-state index contributed by atoms with van der Waals surface area (Å²) in [6.07, 6.45) is 5.01. The molecule has 1 fully saturated rings. The van der Waals surface area contributed by atoms with Crippen LogP contribution in [0.25, 0.3) is 10.9 Å². The number of benzene rings is 1. The lowest BCUT2D eigenvalue weighted by Crippen LogP contribution is -2.16. The lowest BCUT2D eigenvalue weighted by molar-refractivity contribution is 0.647. The van der Waals surface area contributed by atoms with E-state index in [0.29, 0.717) is 0 Å². The maximum absolute atomic E-state index is 3.49. The number of aromatic nitrogens is 1. The van der Waals surface area contributed by atoms with E-state index in [1.54, 1.807) is 0 Å². The van der Waals surface area contributed by atoms with Crippen LogP contribution < -0.4 is 0 Å². The lowest BCUT2D eigenvalue weighted by Gasteiger charge is -2.07. The van der Waals surface area contributed by atoms with Gasteiger partial charge < -0.3 is 4.57 Å². The van der Waals surface area contributed by atoms with Crippen LogP contribution in [0.5, 0.6) is 0 Å². The second kappa shape index (κ2) is 4.58. The molecule has 0 saturated heterocycles. The van der Waals surface area contributed by atoms with Gasteiger partial charge in [-0.15, -0.1) is 5.54 Å². The second-order valence-corrected chi connectivity index (χ2v) is 11.4. The fraction of sp³-hybridized carbons (Fsp3) is 0.412. The summed E-state index contributed by atoms with van der Waals surface area (Å²) in [4.78, 5) is 0. The maximum atomic E-state index is 3.49. The number of para-hydroxylation sites is 1. The molecule has 1 heterocycles. The van der Waals surface area contributed by atoms with E-state index in [4.69, 9.17) is 0 Å². The Hall–Kier alpha value is -1.46. The van der Waals surface area contributed by atoms with Crippen LogP contribution >= 0.6 is 0 Å². The van der Waals surface area contributed by atoms with Crippen molar-refractivity contribution < 1.29 is 0 Å². The third-order valence-corrected chi connectivity index (χ3v) is 4.39. The van der Waals surface area contributed by atoms with Crippen molar-refractivity contribution in [3.05, 3.63) is 36.0 Å². The molecule has 1 nitrogen and oxygen atoms in total. The van der Waals surface area contributed by atoms with Gasteiger partial charge in [0.15, 0.2) is 0 Å². The number of hydrogen-bond acceptors (Lipinski definition) is 0. The highest BCUT2D eigenvalue weighted by Gasteiger charge is 2.22. The van der Waals surface area contributed by atoms with E-state index in [-0.39, 0.29) is 0 Å². The molecule has 19 heavy (non-hydrogen) atoms. The predicted octanol–water partition coefficient (Wildman–Crippen LogP) is 4.28. The van der Waals surface area contributed by atoms with Gasteiger partial charge in [0.25, 0.3) is 0 Å². The normalized spacial score (nSPS) is 15.3. The molecule has 1 aliphatic carbocycles. The summed E-state index contributed by atoms with van der Waals surface area (Å²) in [5.74, 6) is 4.34. The predicted molar refractivity (Wildman–Crippen MR) is 84.9 cm³/mol. The Morgan fingerprint density at radius 3 is 2.68 bits per heavy atom. The van der Waals surface area contributed by atoms with E-state index in [9.17, 15) is 0 Å². The molecule has 0 spiro atoms. The Kier molecular flexibility index (Phi) is 3.03. The highest BCUT2D eigenvalue weighted by Crippen LogP contribution is 2.32. The van der Waals surface area contributed by atoms with E-state index in [1.165, 1.54) is 29.3 Å². The average molecular weight is 267 g/mol. The Bertz CT molecular complexity index is 660. The number of nitrogens with zero attached hydrogens (tertiary/aromatic N) is 1. The van der Waals surface area contributed by atoms with Crippen molar-refractivity contribution in [2.24, 2.45) is 5.92 Å². The number of hydrogen-bond donors (Lipinski definition) is 0. The molecule has 1 saturated carbocycles. The van der Waals surface area contributed by atoms with Crippen molar-refractivity contribution in [3.8, 4) is 11.5 Å². The van der Waals surface area contributed by atoms with Crippen LogP contribution in [-0.2, 0) is 6.54 Å². The van der Waals surface area contributed by atoms with Crippen molar-refractivity contribution in [2.75, 3.05) is 0 Å². The zero-order valence-electron chi connectivity index (χ0n) is 12.0. The fourth-order valence-corrected chi connectivity index (χ4v) is 2.86. The summed E-state index contributed by atoms with van der Waals surface area (Å²) < 4.78 is 2.40. The van der Waals surface area contributed by atoms with Crippen molar-refractivity contribution in [2.45, 2.75) is 39.0 Å². The molecule has 0 bridgehead atoms. The lowest BCUT2D eigenvalue weighted by atomic mass is 10.1. The van der Waals surface area contributed by atoms with Gasteiger partial charge in [-0.05, 0) is 30.9 Å². The monoisotopic (exact) mass is 267 g/mol. The second-order valence-electron chi connectivity index (χ2n) is 6.65. The van der Waals surface area contributed by atoms with E-state index in [1.807, 2.05) is 0 Å². The van der Waals surface area contributed by atoms with Gasteiger partial charge in [0.05, 0.1) is 5.52 Å². The maximum Gasteiger partial charge on any atom is 0.129 e. The van der Waals surface area contributed by atoms with Gasteiger partial charge in [0, 0.05) is 23.7 Å². The fourth-order valence-electron chi connectivity index (χ4n) is 2.35. The Labute approximate surface area is 116 Å². The van der Waals surface area contributed by atoms with Crippen molar-refractivity contribution >= 4 is 19.0 Å². The first-order valence-corrected chi connectivity index (χ1v) is 10.6. The van der Waals surface area contributed by atoms with Crippen LogP contribution in [0, 0.1) is 17.4 Å². The summed E-state index contributed by atoms with van der Waals surface area (Å²) in [6, 6.07) is 8.70. The van der Waals surface area contributed by atoms with Crippen LogP contribution in [0.3, 0.4) is 0 Å². The van der Waals surface area contributed by atoms with Gasteiger partial charge in [0.2, 0.25) is 0 Å². The van der Waals surface area contributed by atoms with E-state index in [0.717, 1.165) is 12.5 Å². The minimum atomic E-state index is -1.31. The third-order valence-electron chi connectivity index (χ3n) is 3.51. The quantitative estimate of drug-likeness (QED) is 0.565. The van der Waals surface area contributed by atoms with E-state index < -0.39 is 8.07 Å². The van der Waals surface area contributed by atoms with Gasteiger partial charge in [-0.25, -0.2) is 0 Å². The first-order valence-electron chi connectivity index (χ1n) is 7.14. The summed E-state index contributed by atoms with van der Waals surface area (Å²) in [6.45, 7) is 8.05. The smallest absolute Gasteiger partial charge is 0.129 e. The molecule has 1 aliphatic rings. The number of rotatable bonds is 2. The molecule has 2 aromatic rings. The minimum Gasteiger partial charge on any atom is -0.346 e. The van der Waals surface area contributed by atoms with Gasteiger partial charge in [-0.1, -0.05) is 37.7 Å². The van der Waals surface area contributed by atoms with Crippen LogP contribution in [0.1, 0.15) is 18.4 Å². The Morgan fingerprint density at radius 1 is 1.21 bits per heavy atom. The SMILES string of the molecule is C[Si](C)(C)C#Cc1cccc2ccn(CC3CC3)c12. The highest BCUT2D eigenvalue weighted by atomic mass is 28.3. The van der Waals surface area contributed by atoms with Crippen LogP contribution in [0.15, 0.2) is 30.5 Å². The molecule has 0 aliphatic heterocycles. The first-order chi connectivity index (χ1) is 9.03. The molecule has 1 aromatic heterocycles. The summed E-state index contributed by atoms with van der Waals surface area (Å²) in [7, 11) is -1.31. The average Bonchev–Trinajstić information content (AvgIpc) is 3.06. The molecular formula is C17H21NSi.